The van der Waals surface area contributed by atoms with Crippen molar-refractivity contribution < 1.29 is 4.79 Å². The van der Waals surface area contributed by atoms with E-state index in [1.54, 1.807) is 18.3 Å². The van der Waals surface area contributed by atoms with E-state index in [0.29, 0.717) is 11.4 Å². The number of imidazole rings is 1. The van der Waals surface area contributed by atoms with Crippen LogP contribution in [0.1, 0.15) is 41.5 Å². The van der Waals surface area contributed by atoms with Crippen LogP contribution in [-0.4, -0.2) is 56.8 Å². The molecule has 2 aromatic heterocycles. The molecule has 3 N–H and O–H groups in total. The molecule has 0 bridgehead atoms. The molecule has 7 nitrogen and oxygen atoms in total. The zero-order valence-electron chi connectivity index (χ0n) is 14.5. The lowest BCUT2D eigenvalue weighted by molar-refractivity contribution is 0.0102. The van der Waals surface area contributed by atoms with E-state index >= 15 is 0 Å². The molecule has 4 rings (SSSR count). The molecule has 0 radical (unpaired) electrons. The number of likely N-dealkylation sites (N-methyl/N-ethyl adjacent to an activating group) is 1. The molecule has 2 aliphatic rings. The smallest absolute Gasteiger partial charge is 0.255 e. The quantitative estimate of drug-likeness (QED) is 0.862. The highest BCUT2D eigenvalue weighted by Crippen LogP contribution is 2.42. The minimum atomic E-state index is -0.0432. The number of carbonyl (C=O) groups is 1. The molecular weight excluding hydrogens is 316 g/mol. The third-order valence-electron chi connectivity index (χ3n) is 5.69. The summed E-state index contributed by atoms with van der Waals surface area (Å²) in [4.78, 5) is 29.2. The summed E-state index contributed by atoms with van der Waals surface area (Å²) in [6.45, 7) is 5.71. The van der Waals surface area contributed by atoms with Crippen molar-refractivity contribution in [3.63, 3.8) is 0 Å². The van der Waals surface area contributed by atoms with Crippen LogP contribution in [0.5, 0.6) is 0 Å². The number of rotatable bonds is 2. The predicted octanol–water partition coefficient (Wildman–Crippen LogP) is 1.40. The maximum absolute atomic E-state index is 12.7. The summed E-state index contributed by atoms with van der Waals surface area (Å²) in [5, 5.41) is 0. The van der Waals surface area contributed by atoms with Crippen molar-refractivity contribution in [3.8, 4) is 0 Å². The Labute approximate surface area is 147 Å². The molecule has 0 unspecified atom stereocenters. The lowest BCUT2D eigenvalue weighted by Gasteiger charge is -2.50. The van der Waals surface area contributed by atoms with E-state index in [9.17, 15) is 4.79 Å². The van der Waals surface area contributed by atoms with E-state index < -0.39 is 0 Å². The van der Waals surface area contributed by atoms with Crippen molar-refractivity contribution in [2.45, 2.75) is 31.7 Å². The average Bonchev–Trinajstić information content (AvgIpc) is 3.13. The first-order valence-corrected chi connectivity index (χ1v) is 8.92. The van der Waals surface area contributed by atoms with Gasteiger partial charge in [0.25, 0.3) is 5.91 Å². The van der Waals surface area contributed by atoms with Crippen molar-refractivity contribution in [3.05, 3.63) is 41.6 Å². The summed E-state index contributed by atoms with van der Waals surface area (Å²) in [5.74, 6) is 0.462. The summed E-state index contributed by atoms with van der Waals surface area (Å²) in [6.07, 6.45) is 6.21. The number of piperidine rings is 1. The van der Waals surface area contributed by atoms with E-state index in [0.717, 1.165) is 45.4 Å². The Hall–Kier alpha value is -2.41. The third kappa shape index (κ3) is 2.59. The number of nitrogens with two attached hydrogens (primary N) is 1. The van der Waals surface area contributed by atoms with Gasteiger partial charge < -0.3 is 15.6 Å². The zero-order chi connectivity index (χ0) is 17.4. The molecular formula is C18H24N6O. The van der Waals surface area contributed by atoms with Gasteiger partial charge in [0.2, 0.25) is 0 Å². The van der Waals surface area contributed by atoms with Gasteiger partial charge in [-0.25, -0.2) is 9.97 Å². The Morgan fingerprint density at radius 3 is 2.76 bits per heavy atom. The van der Waals surface area contributed by atoms with Crippen LogP contribution < -0.4 is 5.73 Å². The number of carbonyl (C=O) groups excluding carboxylic acids is 1. The van der Waals surface area contributed by atoms with E-state index in [-0.39, 0.29) is 11.4 Å². The topological polar surface area (TPSA) is 91.1 Å². The maximum atomic E-state index is 12.7. The van der Waals surface area contributed by atoms with Gasteiger partial charge in [0.15, 0.2) is 0 Å². The second-order valence-corrected chi connectivity index (χ2v) is 6.85. The van der Waals surface area contributed by atoms with E-state index in [1.807, 2.05) is 11.2 Å². The highest BCUT2D eigenvalue weighted by molar-refractivity contribution is 5.94. The fraction of sp³-hybridized carbons (Fsp3) is 0.500. The number of likely N-dealkylation sites (tertiary alicyclic amines) is 1. The van der Waals surface area contributed by atoms with Gasteiger partial charge in [0.1, 0.15) is 5.82 Å². The minimum Gasteiger partial charge on any atom is -0.384 e. The lowest BCUT2D eigenvalue weighted by Crippen LogP contribution is -2.57. The number of anilines is 1. The van der Waals surface area contributed by atoms with Crippen LogP contribution in [0.3, 0.4) is 0 Å². The van der Waals surface area contributed by atoms with Crippen LogP contribution in [-0.2, 0) is 12.0 Å². The molecule has 2 aromatic rings. The molecule has 0 saturated carbocycles. The molecule has 1 amide bonds. The van der Waals surface area contributed by atoms with Crippen molar-refractivity contribution in [2.24, 2.45) is 0 Å². The van der Waals surface area contributed by atoms with Gasteiger partial charge in [-0.2, -0.15) is 0 Å². The fourth-order valence-corrected chi connectivity index (χ4v) is 4.33. The number of pyridine rings is 1. The molecule has 2 aliphatic heterocycles. The van der Waals surface area contributed by atoms with Crippen molar-refractivity contribution in [1.29, 1.82) is 0 Å². The van der Waals surface area contributed by atoms with Gasteiger partial charge in [0, 0.05) is 37.9 Å². The second-order valence-electron chi connectivity index (χ2n) is 6.85. The summed E-state index contributed by atoms with van der Waals surface area (Å²) in [5.41, 5.74) is 8.61. The predicted molar refractivity (Wildman–Crippen MR) is 95.0 cm³/mol. The average molecular weight is 340 g/mol. The van der Waals surface area contributed by atoms with Crippen LogP contribution >= 0.6 is 0 Å². The molecule has 4 heterocycles. The van der Waals surface area contributed by atoms with Gasteiger partial charge in [-0.05, 0) is 31.5 Å². The van der Waals surface area contributed by atoms with Gasteiger partial charge in [-0.15, -0.1) is 0 Å². The van der Waals surface area contributed by atoms with Crippen LogP contribution in [0.25, 0.3) is 0 Å². The Morgan fingerprint density at radius 2 is 2.08 bits per heavy atom. The number of aromatic amines is 1. The zero-order valence-corrected chi connectivity index (χ0v) is 14.5. The van der Waals surface area contributed by atoms with Gasteiger partial charge in [-0.1, -0.05) is 6.92 Å². The molecule has 0 aromatic carbocycles. The summed E-state index contributed by atoms with van der Waals surface area (Å²) in [7, 11) is 0. The lowest BCUT2D eigenvalue weighted by atomic mass is 9.78. The normalized spacial score (nSPS) is 19.8. The standard InChI is InChI=1S/C18H24N6O/c1-2-24-8-5-14-16(22-12-21-14)18(24)6-9-23(10-7-18)17(25)13-3-4-15(19)20-11-13/h3-4,11-12H,2,5-10H2,1H3,(H2,19,20)(H,21,22). The molecule has 7 heteroatoms. The van der Waals surface area contributed by atoms with Crippen molar-refractivity contribution in [2.75, 3.05) is 31.9 Å². The largest absolute Gasteiger partial charge is 0.384 e. The summed E-state index contributed by atoms with van der Waals surface area (Å²) in [6, 6.07) is 3.43. The Balaban J connectivity index is 1.54. The minimum absolute atomic E-state index is 0.0310. The van der Waals surface area contributed by atoms with Gasteiger partial charge >= 0.3 is 0 Å². The van der Waals surface area contributed by atoms with Crippen LogP contribution in [0.4, 0.5) is 5.82 Å². The van der Waals surface area contributed by atoms with Crippen LogP contribution in [0, 0.1) is 0 Å². The Bertz CT molecular complexity index is 760. The number of nitrogens with one attached hydrogen (secondary N) is 1. The highest BCUT2D eigenvalue weighted by Gasteiger charge is 2.46. The number of amides is 1. The number of fused-ring (bicyclic) bond motifs is 2. The number of hydrogen-bond acceptors (Lipinski definition) is 5. The molecule has 1 saturated heterocycles. The highest BCUT2D eigenvalue weighted by atomic mass is 16.2. The molecule has 132 valence electrons. The third-order valence-corrected chi connectivity index (χ3v) is 5.69. The van der Waals surface area contributed by atoms with E-state index in [2.05, 4.69) is 26.8 Å². The second kappa shape index (κ2) is 6.15. The van der Waals surface area contributed by atoms with Crippen molar-refractivity contribution >= 4 is 11.7 Å². The Kier molecular flexibility index (Phi) is 3.95. The first kappa shape index (κ1) is 16.1. The van der Waals surface area contributed by atoms with Crippen LogP contribution in [0.2, 0.25) is 0 Å². The Morgan fingerprint density at radius 1 is 1.28 bits per heavy atom. The van der Waals surface area contributed by atoms with E-state index in [1.165, 1.54) is 11.4 Å². The number of H-pyrrole nitrogens is 1. The first-order chi connectivity index (χ1) is 12.1. The molecule has 1 fully saturated rings. The van der Waals surface area contributed by atoms with Gasteiger partial charge in [0.05, 0.1) is 23.1 Å². The number of nitrogen functional groups attached to an aromatic ring is 1. The van der Waals surface area contributed by atoms with Crippen LogP contribution in [0.15, 0.2) is 24.7 Å². The number of aromatic nitrogens is 3. The summed E-state index contributed by atoms with van der Waals surface area (Å²) < 4.78 is 0. The number of hydrogen-bond donors (Lipinski definition) is 2. The first-order valence-electron chi connectivity index (χ1n) is 8.92. The maximum Gasteiger partial charge on any atom is 0.255 e. The van der Waals surface area contributed by atoms with Crippen molar-refractivity contribution in [1.82, 2.24) is 24.8 Å². The fourth-order valence-electron chi connectivity index (χ4n) is 4.33. The summed E-state index contributed by atoms with van der Waals surface area (Å²) >= 11 is 0. The number of nitrogens with zero attached hydrogens (tertiary/aromatic N) is 4. The van der Waals surface area contributed by atoms with E-state index in [4.69, 9.17) is 5.73 Å². The SMILES string of the molecule is CCN1CCc2[nH]cnc2C12CCN(C(=O)c1ccc(N)nc1)CC2. The monoisotopic (exact) mass is 340 g/mol. The molecule has 1 spiro atoms. The van der Waals surface area contributed by atoms with Gasteiger partial charge in [-0.3, -0.25) is 9.69 Å². The molecule has 25 heavy (non-hydrogen) atoms. The molecule has 0 aliphatic carbocycles. The molecule has 0 atom stereocenters.